The SMILES string of the molecule is COc1ccc(-c2noc(-c3ccc(N4CCCC4)nc3)n2)cc1. The maximum absolute atomic E-state index is 5.38. The van der Waals surface area contributed by atoms with Crippen molar-refractivity contribution in [1.82, 2.24) is 15.1 Å². The zero-order valence-electron chi connectivity index (χ0n) is 13.5. The molecule has 24 heavy (non-hydrogen) atoms. The van der Waals surface area contributed by atoms with Crippen molar-refractivity contribution in [2.75, 3.05) is 25.1 Å². The Morgan fingerprint density at radius 2 is 1.75 bits per heavy atom. The number of aromatic nitrogens is 3. The summed E-state index contributed by atoms with van der Waals surface area (Å²) in [6, 6.07) is 11.5. The molecular weight excluding hydrogens is 304 g/mol. The number of nitrogens with zero attached hydrogens (tertiary/aromatic N) is 4. The highest BCUT2D eigenvalue weighted by atomic mass is 16.5. The van der Waals surface area contributed by atoms with E-state index in [1.54, 1.807) is 13.3 Å². The molecule has 0 unspecified atom stereocenters. The quantitative estimate of drug-likeness (QED) is 0.733. The van der Waals surface area contributed by atoms with Crippen LogP contribution >= 0.6 is 0 Å². The van der Waals surface area contributed by atoms with Gasteiger partial charge in [-0.2, -0.15) is 4.98 Å². The van der Waals surface area contributed by atoms with Crippen LogP contribution < -0.4 is 9.64 Å². The molecule has 1 fully saturated rings. The fourth-order valence-corrected chi connectivity index (χ4v) is 2.84. The van der Waals surface area contributed by atoms with Crippen molar-refractivity contribution < 1.29 is 9.26 Å². The van der Waals surface area contributed by atoms with Crippen LogP contribution in [0.3, 0.4) is 0 Å². The zero-order valence-corrected chi connectivity index (χ0v) is 13.5. The first-order valence-electron chi connectivity index (χ1n) is 8.03. The van der Waals surface area contributed by atoms with E-state index in [0.717, 1.165) is 35.8 Å². The number of benzene rings is 1. The largest absolute Gasteiger partial charge is 0.497 e. The van der Waals surface area contributed by atoms with Gasteiger partial charge in [-0.25, -0.2) is 4.98 Å². The number of ether oxygens (including phenoxy) is 1. The van der Waals surface area contributed by atoms with E-state index in [4.69, 9.17) is 9.26 Å². The van der Waals surface area contributed by atoms with Gasteiger partial charge in [0.15, 0.2) is 0 Å². The highest BCUT2D eigenvalue weighted by molar-refractivity contribution is 5.61. The Kier molecular flexibility index (Phi) is 3.86. The van der Waals surface area contributed by atoms with Crippen LogP contribution in [-0.4, -0.2) is 35.3 Å². The highest BCUT2D eigenvalue weighted by Crippen LogP contribution is 2.25. The Bertz CT molecular complexity index is 806. The molecule has 1 aliphatic rings. The van der Waals surface area contributed by atoms with Gasteiger partial charge in [0.1, 0.15) is 11.6 Å². The Balaban J connectivity index is 1.55. The third-order valence-corrected chi connectivity index (χ3v) is 4.20. The molecule has 0 atom stereocenters. The lowest BCUT2D eigenvalue weighted by Crippen LogP contribution is -2.18. The topological polar surface area (TPSA) is 64.3 Å². The molecule has 122 valence electrons. The van der Waals surface area contributed by atoms with E-state index in [0.29, 0.717) is 11.7 Å². The third-order valence-electron chi connectivity index (χ3n) is 4.20. The van der Waals surface area contributed by atoms with E-state index in [2.05, 4.69) is 20.0 Å². The number of hydrogen-bond acceptors (Lipinski definition) is 6. The lowest BCUT2D eigenvalue weighted by atomic mass is 10.2. The first-order chi connectivity index (χ1) is 11.8. The summed E-state index contributed by atoms with van der Waals surface area (Å²) >= 11 is 0. The Morgan fingerprint density at radius 1 is 1.00 bits per heavy atom. The average molecular weight is 322 g/mol. The van der Waals surface area contributed by atoms with Gasteiger partial charge in [0.05, 0.1) is 12.7 Å². The fourth-order valence-electron chi connectivity index (χ4n) is 2.84. The zero-order chi connectivity index (χ0) is 16.4. The van der Waals surface area contributed by atoms with Crippen LogP contribution in [0.5, 0.6) is 5.75 Å². The lowest BCUT2D eigenvalue weighted by Gasteiger charge is -2.15. The molecule has 0 N–H and O–H groups in total. The predicted molar refractivity (Wildman–Crippen MR) is 91.0 cm³/mol. The molecule has 0 saturated carbocycles. The minimum Gasteiger partial charge on any atom is -0.497 e. The summed E-state index contributed by atoms with van der Waals surface area (Å²) in [4.78, 5) is 11.3. The summed E-state index contributed by atoms with van der Waals surface area (Å²) in [6.07, 6.45) is 4.26. The fraction of sp³-hybridized carbons (Fsp3) is 0.278. The van der Waals surface area contributed by atoms with Crippen molar-refractivity contribution in [1.29, 1.82) is 0 Å². The number of anilines is 1. The van der Waals surface area contributed by atoms with E-state index < -0.39 is 0 Å². The highest BCUT2D eigenvalue weighted by Gasteiger charge is 2.15. The van der Waals surface area contributed by atoms with E-state index in [9.17, 15) is 0 Å². The summed E-state index contributed by atoms with van der Waals surface area (Å²) in [5, 5.41) is 4.05. The van der Waals surface area contributed by atoms with Gasteiger partial charge in [0, 0.05) is 24.8 Å². The van der Waals surface area contributed by atoms with Gasteiger partial charge in [-0.15, -0.1) is 0 Å². The van der Waals surface area contributed by atoms with Gasteiger partial charge in [-0.3, -0.25) is 0 Å². The van der Waals surface area contributed by atoms with E-state index in [1.165, 1.54) is 12.8 Å². The van der Waals surface area contributed by atoms with Crippen molar-refractivity contribution in [3.8, 4) is 28.6 Å². The maximum atomic E-state index is 5.38. The maximum Gasteiger partial charge on any atom is 0.259 e. The van der Waals surface area contributed by atoms with Crippen LogP contribution in [-0.2, 0) is 0 Å². The van der Waals surface area contributed by atoms with Crippen molar-refractivity contribution >= 4 is 5.82 Å². The van der Waals surface area contributed by atoms with Gasteiger partial charge >= 0.3 is 0 Å². The first-order valence-corrected chi connectivity index (χ1v) is 8.03. The number of hydrogen-bond donors (Lipinski definition) is 0. The Morgan fingerprint density at radius 3 is 2.42 bits per heavy atom. The lowest BCUT2D eigenvalue weighted by molar-refractivity contribution is 0.415. The minimum atomic E-state index is 0.473. The number of pyridine rings is 1. The molecule has 4 rings (SSSR count). The van der Waals surface area contributed by atoms with E-state index in [1.807, 2.05) is 36.4 Å². The molecule has 6 heteroatoms. The van der Waals surface area contributed by atoms with Crippen LogP contribution in [0.1, 0.15) is 12.8 Å². The van der Waals surface area contributed by atoms with E-state index >= 15 is 0 Å². The van der Waals surface area contributed by atoms with Crippen molar-refractivity contribution in [3.63, 3.8) is 0 Å². The molecule has 0 bridgehead atoms. The molecule has 0 amide bonds. The smallest absolute Gasteiger partial charge is 0.259 e. The molecule has 0 aliphatic carbocycles. The molecule has 1 saturated heterocycles. The number of methoxy groups -OCH3 is 1. The number of rotatable bonds is 4. The second-order valence-corrected chi connectivity index (χ2v) is 5.75. The second kappa shape index (κ2) is 6.31. The van der Waals surface area contributed by atoms with Crippen molar-refractivity contribution in [3.05, 3.63) is 42.6 Å². The monoisotopic (exact) mass is 322 g/mol. The predicted octanol–water partition coefficient (Wildman–Crippen LogP) is 3.41. The van der Waals surface area contributed by atoms with Gasteiger partial charge in [-0.05, 0) is 49.2 Å². The van der Waals surface area contributed by atoms with Crippen molar-refractivity contribution in [2.45, 2.75) is 12.8 Å². The van der Waals surface area contributed by atoms with Gasteiger partial charge < -0.3 is 14.2 Å². The molecule has 3 aromatic rings. The second-order valence-electron chi connectivity index (χ2n) is 5.75. The van der Waals surface area contributed by atoms with Gasteiger partial charge in [-0.1, -0.05) is 5.16 Å². The van der Waals surface area contributed by atoms with Gasteiger partial charge in [0.25, 0.3) is 5.89 Å². The molecule has 2 aromatic heterocycles. The van der Waals surface area contributed by atoms with Crippen LogP contribution in [0, 0.1) is 0 Å². The summed E-state index contributed by atoms with van der Waals surface area (Å²) in [6.45, 7) is 2.16. The summed E-state index contributed by atoms with van der Waals surface area (Å²) < 4.78 is 10.5. The Hall–Kier alpha value is -2.89. The van der Waals surface area contributed by atoms with Crippen LogP contribution in [0.15, 0.2) is 47.1 Å². The standard InChI is InChI=1S/C18H18N4O2/c1-23-15-7-4-13(5-8-15)17-20-18(24-21-17)14-6-9-16(19-12-14)22-10-2-3-11-22/h4-9,12H,2-3,10-11H2,1H3. The van der Waals surface area contributed by atoms with Crippen LogP contribution in [0.2, 0.25) is 0 Å². The molecule has 0 radical (unpaired) electrons. The minimum absolute atomic E-state index is 0.473. The van der Waals surface area contributed by atoms with Gasteiger partial charge in [0.2, 0.25) is 5.82 Å². The molecular formula is C18H18N4O2. The summed E-state index contributed by atoms with van der Waals surface area (Å²) in [5.41, 5.74) is 1.71. The normalized spacial score (nSPS) is 14.1. The van der Waals surface area contributed by atoms with Crippen LogP contribution in [0.25, 0.3) is 22.8 Å². The van der Waals surface area contributed by atoms with Crippen LogP contribution in [0.4, 0.5) is 5.82 Å². The summed E-state index contributed by atoms with van der Waals surface area (Å²) in [7, 11) is 1.64. The average Bonchev–Trinajstić information content (AvgIpc) is 3.34. The summed E-state index contributed by atoms with van der Waals surface area (Å²) in [5.74, 6) is 2.83. The molecule has 1 aromatic carbocycles. The van der Waals surface area contributed by atoms with E-state index in [-0.39, 0.29) is 0 Å². The molecule has 3 heterocycles. The molecule has 0 spiro atoms. The molecule has 6 nitrogen and oxygen atoms in total. The Labute approximate surface area is 140 Å². The first kappa shape index (κ1) is 14.7. The van der Waals surface area contributed by atoms with Crippen molar-refractivity contribution in [2.24, 2.45) is 0 Å². The molecule has 1 aliphatic heterocycles. The third kappa shape index (κ3) is 2.82.